The second-order valence-electron chi connectivity index (χ2n) is 5.29. The summed E-state index contributed by atoms with van der Waals surface area (Å²) in [6, 6.07) is 9.90. The molecule has 0 saturated heterocycles. The van der Waals surface area contributed by atoms with Crippen LogP contribution in [0.2, 0.25) is 0 Å². The lowest BCUT2D eigenvalue weighted by Crippen LogP contribution is -2.07. The van der Waals surface area contributed by atoms with Crippen molar-refractivity contribution in [2.75, 3.05) is 0 Å². The average Bonchev–Trinajstić information content (AvgIpc) is 3.05. The van der Waals surface area contributed by atoms with Crippen molar-refractivity contribution in [3.63, 3.8) is 0 Å². The van der Waals surface area contributed by atoms with Crippen LogP contribution in [0.1, 0.15) is 17.4 Å². The first kappa shape index (κ1) is 16.4. The van der Waals surface area contributed by atoms with Crippen molar-refractivity contribution < 1.29 is 13.6 Å². The SMILES string of the molecule is C/C(=N\O)c1ccc(S(=O)(=O)Cc2ccc3cc[nH]c(=O)c3c2)s1. The van der Waals surface area contributed by atoms with Crippen LogP contribution < -0.4 is 5.56 Å². The fourth-order valence-electron chi connectivity index (χ4n) is 2.34. The van der Waals surface area contributed by atoms with Crippen molar-refractivity contribution in [1.29, 1.82) is 0 Å². The number of benzene rings is 1. The van der Waals surface area contributed by atoms with Crippen LogP contribution >= 0.6 is 11.3 Å². The second kappa shape index (κ2) is 6.21. The number of hydrogen-bond acceptors (Lipinski definition) is 6. The highest BCUT2D eigenvalue weighted by Gasteiger charge is 2.19. The van der Waals surface area contributed by atoms with E-state index in [9.17, 15) is 13.2 Å². The number of aromatic nitrogens is 1. The van der Waals surface area contributed by atoms with E-state index in [1.54, 1.807) is 43.5 Å². The molecule has 6 nitrogen and oxygen atoms in total. The Labute approximate surface area is 142 Å². The van der Waals surface area contributed by atoms with Gasteiger partial charge in [0.05, 0.1) is 16.3 Å². The van der Waals surface area contributed by atoms with Gasteiger partial charge >= 0.3 is 0 Å². The summed E-state index contributed by atoms with van der Waals surface area (Å²) in [7, 11) is -3.55. The molecular weight excluding hydrogens is 348 g/mol. The molecule has 0 aliphatic rings. The molecule has 8 heteroatoms. The third-order valence-electron chi connectivity index (χ3n) is 3.59. The molecule has 124 valence electrons. The fraction of sp³-hybridized carbons (Fsp3) is 0.125. The number of pyridine rings is 1. The van der Waals surface area contributed by atoms with Gasteiger partial charge in [0.1, 0.15) is 4.21 Å². The number of H-pyrrole nitrogens is 1. The molecule has 3 rings (SSSR count). The van der Waals surface area contributed by atoms with Crippen molar-refractivity contribution in [3.05, 3.63) is 63.4 Å². The molecule has 0 fully saturated rings. The lowest BCUT2D eigenvalue weighted by Gasteiger charge is -2.04. The molecule has 1 aromatic carbocycles. The van der Waals surface area contributed by atoms with Gasteiger partial charge in [0.2, 0.25) is 0 Å². The smallest absolute Gasteiger partial charge is 0.255 e. The predicted molar refractivity (Wildman–Crippen MR) is 93.8 cm³/mol. The maximum absolute atomic E-state index is 12.6. The molecule has 2 N–H and O–H groups in total. The molecule has 0 amide bonds. The van der Waals surface area contributed by atoms with E-state index in [2.05, 4.69) is 10.1 Å². The quantitative estimate of drug-likeness (QED) is 0.423. The zero-order valence-electron chi connectivity index (χ0n) is 12.7. The highest BCUT2D eigenvalue weighted by molar-refractivity contribution is 7.92. The Morgan fingerprint density at radius 1 is 1.25 bits per heavy atom. The fourth-order valence-corrected chi connectivity index (χ4v) is 5.01. The minimum atomic E-state index is -3.55. The highest BCUT2D eigenvalue weighted by atomic mass is 32.2. The molecule has 3 aromatic rings. The van der Waals surface area contributed by atoms with E-state index in [0.29, 0.717) is 21.5 Å². The Morgan fingerprint density at radius 3 is 2.79 bits per heavy atom. The van der Waals surface area contributed by atoms with Gasteiger partial charge < -0.3 is 10.2 Å². The predicted octanol–water partition coefficient (Wildman–Crippen LogP) is 2.76. The van der Waals surface area contributed by atoms with Crippen molar-refractivity contribution in [2.45, 2.75) is 16.9 Å². The highest BCUT2D eigenvalue weighted by Crippen LogP contribution is 2.26. The Balaban J connectivity index is 1.96. The van der Waals surface area contributed by atoms with Gasteiger partial charge in [-0.1, -0.05) is 17.3 Å². The van der Waals surface area contributed by atoms with Crippen molar-refractivity contribution >= 4 is 37.7 Å². The molecule has 0 saturated carbocycles. The van der Waals surface area contributed by atoms with E-state index in [4.69, 9.17) is 5.21 Å². The first-order valence-electron chi connectivity index (χ1n) is 7.03. The van der Waals surface area contributed by atoms with Gasteiger partial charge in [-0.3, -0.25) is 4.79 Å². The van der Waals surface area contributed by atoms with Gasteiger partial charge in [0.15, 0.2) is 9.84 Å². The summed E-state index contributed by atoms with van der Waals surface area (Å²) >= 11 is 1.05. The molecule has 0 unspecified atom stereocenters. The van der Waals surface area contributed by atoms with Gasteiger partial charge in [0, 0.05) is 11.6 Å². The third-order valence-corrected chi connectivity index (χ3v) is 7.05. The monoisotopic (exact) mass is 362 g/mol. The van der Waals surface area contributed by atoms with Gasteiger partial charge in [0.25, 0.3) is 5.56 Å². The standard InChI is InChI=1S/C16H14N2O4S2/c1-10(18-20)14-4-5-15(23-14)24(21,22)9-11-2-3-12-6-7-17-16(19)13(12)8-11/h2-8,20H,9H2,1H3,(H,17,19)/b18-10+. The number of aromatic amines is 1. The van der Waals surface area contributed by atoms with E-state index >= 15 is 0 Å². The van der Waals surface area contributed by atoms with Crippen LogP contribution in [0.25, 0.3) is 10.8 Å². The number of thiophene rings is 1. The summed E-state index contributed by atoms with van der Waals surface area (Å²) in [5.74, 6) is -0.202. The summed E-state index contributed by atoms with van der Waals surface area (Å²) in [4.78, 5) is 15.0. The number of oxime groups is 1. The van der Waals surface area contributed by atoms with Crippen LogP contribution in [-0.2, 0) is 15.6 Å². The maximum atomic E-state index is 12.6. The van der Waals surface area contributed by atoms with Gasteiger partial charge in [-0.05, 0) is 42.1 Å². The molecule has 0 radical (unpaired) electrons. The molecular formula is C16H14N2O4S2. The van der Waals surface area contributed by atoms with Crippen LogP contribution in [0.3, 0.4) is 0 Å². The lowest BCUT2D eigenvalue weighted by atomic mass is 10.1. The van der Waals surface area contributed by atoms with Crippen molar-refractivity contribution in [2.24, 2.45) is 5.16 Å². The minimum Gasteiger partial charge on any atom is -0.411 e. The van der Waals surface area contributed by atoms with Crippen LogP contribution in [-0.4, -0.2) is 24.3 Å². The second-order valence-corrected chi connectivity index (χ2v) is 8.59. The minimum absolute atomic E-state index is 0.197. The number of nitrogens with zero attached hydrogens (tertiary/aromatic N) is 1. The Morgan fingerprint density at radius 2 is 2.04 bits per heavy atom. The maximum Gasteiger partial charge on any atom is 0.255 e. The normalized spacial score (nSPS) is 12.6. The van der Waals surface area contributed by atoms with Gasteiger partial charge in [-0.2, -0.15) is 0 Å². The molecule has 0 aliphatic heterocycles. The number of rotatable bonds is 4. The molecule has 2 heterocycles. The summed E-state index contributed by atoms with van der Waals surface area (Å²) in [6.07, 6.45) is 1.55. The van der Waals surface area contributed by atoms with Crippen LogP contribution in [0, 0.1) is 0 Å². The summed E-state index contributed by atoms with van der Waals surface area (Å²) in [5.41, 5.74) is 0.653. The number of fused-ring (bicyclic) bond motifs is 1. The lowest BCUT2D eigenvalue weighted by molar-refractivity contribution is 0.319. The van der Waals surface area contributed by atoms with Crippen molar-refractivity contribution in [1.82, 2.24) is 4.98 Å². The van der Waals surface area contributed by atoms with E-state index in [1.165, 1.54) is 6.07 Å². The van der Waals surface area contributed by atoms with Crippen LogP contribution in [0.5, 0.6) is 0 Å². The summed E-state index contributed by atoms with van der Waals surface area (Å²) in [6.45, 7) is 1.60. The van der Waals surface area contributed by atoms with Gasteiger partial charge in [-0.25, -0.2) is 8.42 Å². The summed E-state index contributed by atoms with van der Waals surface area (Å²) in [5, 5.41) is 13.1. The van der Waals surface area contributed by atoms with E-state index in [-0.39, 0.29) is 15.5 Å². The van der Waals surface area contributed by atoms with Crippen molar-refractivity contribution in [3.8, 4) is 0 Å². The molecule has 0 spiro atoms. The Bertz CT molecular complexity index is 1090. The van der Waals surface area contributed by atoms with Crippen LogP contribution in [0.4, 0.5) is 0 Å². The molecule has 24 heavy (non-hydrogen) atoms. The zero-order chi connectivity index (χ0) is 17.3. The molecule has 0 aliphatic carbocycles. The topological polar surface area (TPSA) is 99.6 Å². The van der Waals surface area contributed by atoms with E-state index in [1.807, 2.05) is 0 Å². The Hall–Kier alpha value is -2.45. The summed E-state index contributed by atoms with van der Waals surface area (Å²) < 4.78 is 25.3. The first-order valence-corrected chi connectivity index (χ1v) is 9.49. The van der Waals surface area contributed by atoms with E-state index in [0.717, 1.165) is 16.7 Å². The van der Waals surface area contributed by atoms with Gasteiger partial charge in [-0.15, -0.1) is 11.3 Å². The molecule has 0 bridgehead atoms. The molecule has 2 aromatic heterocycles. The number of sulfone groups is 1. The number of nitrogens with one attached hydrogen (secondary N) is 1. The van der Waals surface area contributed by atoms with Crippen LogP contribution in [0.15, 0.2) is 56.8 Å². The zero-order valence-corrected chi connectivity index (χ0v) is 14.3. The number of hydrogen-bond donors (Lipinski definition) is 2. The molecule has 0 atom stereocenters. The Kier molecular flexibility index (Phi) is 4.25. The van der Waals surface area contributed by atoms with E-state index < -0.39 is 9.84 Å². The average molecular weight is 362 g/mol. The largest absolute Gasteiger partial charge is 0.411 e. The first-order chi connectivity index (χ1) is 11.4. The third kappa shape index (κ3) is 3.10.